The van der Waals surface area contributed by atoms with Crippen molar-refractivity contribution in [3.63, 3.8) is 0 Å². The summed E-state index contributed by atoms with van der Waals surface area (Å²) in [5.41, 5.74) is 0.872. The largest absolute Gasteiger partial charge is 0.508 e. The first-order valence-electron chi connectivity index (χ1n) is 14.3. The van der Waals surface area contributed by atoms with Crippen molar-refractivity contribution in [1.82, 2.24) is 5.32 Å². The predicted octanol–water partition coefficient (Wildman–Crippen LogP) is 6.35. The summed E-state index contributed by atoms with van der Waals surface area (Å²) in [6.07, 6.45) is 1.94. The number of benzene rings is 5. The fourth-order valence-electron chi connectivity index (χ4n) is 6.28. The van der Waals surface area contributed by atoms with Gasteiger partial charge in [0, 0.05) is 46.0 Å². The van der Waals surface area contributed by atoms with Crippen LogP contribution >= 0.6 is 0 Å². The topological polar surface area (TPSA) is 142 Å². The van der Waals surface area contributed by atoms with Crippen LogP contribution < -0.4 is 10.1 Å². The number of esters is 1. The molecule has 9 heteroatoms. The molecule has 2 aliphatic heterocycles. The van der Waals surface area contributed by atoms with Crippen LogP contribution in [-0.2, 0) is 15.1 Å². The van der Waals surface area contributed by atoms with Crippen LogP contribution in [0.4, 0.5) is 0 Å². The predicted molar refractivity (Wildman–Crippen MR) is 161 cm³/mol. The van der Waals surface area contributed by atoms with E-state index in [-0.39, 0.29) is 23.8 Å². The van der Waals surface area contributed by atoms with E-state index in [4.69, 9.17) is 14.6 Å². The third-order valence-corrected chi connectivity index (χ3v) is 8.35. The van der Waals surface area contributed by atoms with Crippen molar-refractivity contribution < 1.29 is 39.2 Å². The number of carbonyl (C=O) groups is 3. The zero-order valence-electron chi connectivity index (χ0n) is 23.4. The van der Waals surface area contributed by atoms with Gasteiger partial charge in [-0.25, -0.2) is 4.79 Å². The molecule has 0 saturated carbocycles. The zero-order valence-corrected chi connectivity index (χ0v) is 23.4. The van der Waals surface area contributed by atoms with Crippen molar-refractivity contribution in [2.75, 3.05) is 6.54 Å². The lowest BCUT2D eigenvalue weighted by Crippen LogP contribution is -2.33. The Morgan fingerprint density at radius 1 is 0.727 bits per heavy atom. The quantitative estimate of drug-likeness (QED) is 0.127. The smallest absolute Gasteiger partial charge is 0.340 e. The Kier molecular flexibility index (Phi) is 6.39. The van der Waals surface area contributed by atoms with Crippen LogP contribution in [0.25, 0.3) is 21.5 Å². The summed E-state index contributed by atoms with van der Waals surface area (Å²) in [6.45, 7) is 0.382. The number of nitrogens with one attached hydrogen (secondary N) is 1. The average Bonchev–Trinajstić information content (AvgIpc) is 3.29. The molecule has 0 bridgehead atoms. The number of carboxylic acids is 1. The van der Waals surface area contributed by atoms with Gasteiger partial charge in [0.15, 0.2) is 5.60 Å². The van der Waals surface area contributed by atoms with Crippen LogP contribution in [0.2, 0.25) is 0 Å². The molecular weight excluding hydrogens is 562 g/mol. The minimum atomic E-state index is -1.44. The van der Waals surface area contributed by atoms with E-state index in [0.717, 1.165) is 10.8 Å². The first-order valence-corrected chi connectivity index (χ1v) is 14.3. The van der Waals surface area contributed by atoms with Gasteiger partial charge in [0.2, 0.25) is 0 Å². The van der Waals surface area contributed by atoms with Crippen LogP contribution in [0.3, 0.4) is 0 Å². The molecule has 4 N–H and O–H groups in total. The summed E-state index contributed by atoms with van der Waals surface area (Å²) >= 11 is 0. The van der Waals surface area contributed by atoms with E-state index in [1.54, 1.807) is 54.6 Å². The molecule has 9 nitrogen and oxygen atoms in total. The van der Waals surface area contributed by atoms with Crippen LogP contribution in [0, 0.1) is 0 Å². The van der Waals surface area contributed by atoms with E-state index in [2.05, 4.69) is 5.32 Å². The Balaban J connectivity index is 1.37. The number of ether oxygens (including phenoxy) is 2. The van der Waals surface area contributed by atoms with E-state index < -0.39 is 17.5 Å². The van der Waals surface area contributed by atoms with E-state index >= 15 is 0 Å². The monoisotopic (exact) mass is 589 g/mol. The second-order valence-electron chi connectivity index (χ2n) is 11.1. The Morgan fingerprint density at radius 2 is 1.36 bits per heavy atom. The fourth-order valence-corrected chi connectivity index (χ4v) is 6.28. The Labute approximate surface area is 251 Å². The maximum Gasteiger partial charge on any atom is 0.340 e. The third-order valence-electron chi connectivity index (χ3n) is 8.35. The number of carbonyl (C=O) groups excluding carboxylic acids is 2. The summed E-state index contributed by atoms with van der Waals surface area (Å²) in [5, 5.41) is 34.8. The zero-order chi connectivity index (χ0) is 30.6. The molecule has 0 unspecified atom stereocenters. The van der Waals surface area contributed by atoms with Crippen molar-refractivity contribution in [2.24, 2.45) is 0 Å². The molecule has 7 rings (SSSR count). The first-order chi connectivity index (χ1) is 21.3. The Hall–Kier alpha value is -5.57. The number of hydrogen-bond donors (Lipinski definition) is 4. The molecule has 0 aromatic heterocycles. The van der Waals surface area contributed by atoms with E-state index in [9.17, 15) is 24.6 Å². The highest BCUT2D eigenvalue weighted by Crippen LogP contribution is 2.59. The Morgan fingerprint density at radius 3 is 1.98 bits per heavy atom. The molecule has 44 heavy (non-hydrogen) atoms. The molecule has 2 aliphatic rings. The SMILES string of the molecule is O=C(O)CCCCCNC(=O)c1ccc2c(c1)C1(OC2=O)c2ccc3cc(O)ccc3c2Oc2c1ccc1cc(O)ccc21. The summed E-state index contributed by atoms with van der Waals surface area (Å²) in [7, 11) is 0. The lowest BCUT2D eigenvalue weighted by atomic mass is 9.76. The number of phenolic OH excluding ortho intramolecular Hbond substituents is 2. The van der Waals surface area contributed by atoms with Gasteiger partial charge in [-0.05, 0) is 90.3 Å². The summed E-state index contributed by atoms with van der Waals surface area (Å²) < 4.78 is 13.0. The van der Waals surface area contributed by atoms with Gasteiger partial charge in [-0.15, -0.1) is 0 Å². The van der Waals surface area contributed by atoms with Crippen molar-refractivity contribution in [3.8, 4) is 23.0 Å². The van der Waals surface area contributed by atoms with Crippen molar-refractivity contribution >= 4 is 39.4 Å². The molecule has 2 heterocycles. The molecule has 1 amide bonds. The second-order valence-corrected chi connectivity index (χ2v) is 11.1. The molecule has 0 aliphatic carbocycles. The highest BCUT2D eigenvalue weighted by Gasteiger charge is 2.54. The number of aromatic hydroxyl groups is 2. The lowest BCUT2D eigenvalue weighted by Gasteiger charge is -2.37. The van der Waals surface area contributed by atoms with Crippen LogP contribution in [0.1, 0.15) is 63.1 Å². The molecule has 0 saturated heterocycles. The summed E-state index contributed by atoms with van der Waals surface area (Å²) in [6, 6.07) is 22.0. The molecule has 5 aromatic carbocycles. The van der Waals surface area contributed by atoms with Crippen molar-refractivity contribution in [1.29, 1.82) is 0 Å². The third kappa shape index (κ3) is 4.27. The molecule has 0 radical (unpaired) electrons. The van der Waals surface area contributed by atoms with E-state index in [1.165, 1.54) is 0 Å². The number of phenols is 2. The minimum absolute atomic E-state index is 0.0917. The molecule has 220 valence electrons. The fraction of sp³-hybridized carbons (Fsp3) is 0.171. The maximum atomic E-state index is 13.5. The van der Waals surface area contributed by atoms with Crippen LogP contribution in [-0.4, -0.2) is 39.7 Å². The molecule has 0 fully saturated rings. The standard InChI is InChI=1S/C35H27NO8/c37-22-8-11-24-19(16-22)6-13-27-31(24)43-32-25-12-9-23(38)17-20(25)7-14-28(32)35(27)29-18-21(5-10-26(29)34(42)44-35)33(41)36-15-3-1-2-4-30(39)40/h5-14,16-18,37-38H,1-4,15H2,(H,36,41)(H,39,40). The molecule has 1 spiro atoms. The number of hydrogen-bond acceptors (Lipinski definition) is 7. The van der Waals surface area contributed by atoms with Gasteiger partial charge in [-0.3, -0.25) is 9.59 Å². The summed E-state index contributed by atoms with van der Waals surface area (Å²) in [4.78, 5) is 37.5. The molecule has 0 atom stereocenters. The number of aliphatic carboxylic acids is 1. The first kappa shape index (κ1) is 27.3. The maximum absolute atomic E-state index is 13.5. The number of carboxylic acid groups (broad SMARTS) is 1. The number of fused-ring (bicyclic) bond motifs is 10. The van der Waals surface area contributed by atoms with Gasteiger partial charge in [-0.1, -0.05) is 18.6 Å². The van der Waals surface area contributed by atoms with Crippen LogP contribution in [0.15, 0.2) is 78.9 Å². The number of amides is 1. The number of rotatable bonds is 7. The van der Waals surface area contributed by atoms with Gasteiger partial charge in [0.1, 0.15) is 23.0 Å². The van der Waals surface area contributed by atoms with Gasteiger partial charge in [0.05, 0.1) is 5.56 Å². The van der Waals surface area contributed by atoms with Crippen molar-refractivity contribution in [3.05, 3.63) is 107 Å². The van der Waals surface area contributed by atoms with Gasteiger partial charge in [0.25, 0.3) is 5.91 Å². The van der Waals surface area contributed by atoms with Gasteiger partial charge >= 0.3 is 11.9 Å². The normalized spacial score (nSPS) is 14.0. The lowest BCUT2D eigenvalue weighted by molar-refractivity contribution is -0.137. The average molecular weight is 590 g/mol. The second kappa shape index (κ2) is 10.3. The Bertz CT molecular complexity index is 1940. The van der Waals surface area contributed by atoms with E-state index in [0.29, 0.717) is 75.9 Å². The van der Waals surface area contributed by atoms with Gasteiger partial charge in [-0.2, -0.15) is 0 Å². The van der Waals surface area contributed by atoms with Gasteiger partial charge < -0.3 is 30.1 Å². The van der Waals surface area contributed by atoms with Crippen LogP contribution in [0.5, 0.6) is 23.0 Å². The van der Waals surface area contributed by atoms with E-state index in [1.807, 2.05) is 24.3 Å². The minimum Gasteiger partial charge on any atom is -0.508 e. The molecular formula is C35H27NO8. The van der Waals surface area contributed by atoms with Crippen molar-refractivity contribution in [2.45, 2.75) is 31.3 Å². The molecule has 5 aromatic rings. The highest BCUT2D eigenvalue weighted by molar-refractivity contribution is 6.03. The highest BCUT2D eigenvalue weighted by atomic mass is 16.6. The number of unbranched alkanes of at least 4 members (excludes halogenated alkanes) is 2. The summed E-state index contributed by atoms with van der Waals surface area (Å²) in [5.74, 6) is -0.609.